The Morgan fingerprint density at radius 3 is 2.17 bits per heavy atom. The van der Waals surface area contributed by atoms with E-state index in [0.29, 0.717) is 61.1 Å². The number of nitrogens with zero attached hydrogens (tertiary/aromatic N) is 1. The number of carboxylic acids is 1. The van der Waals surface area contributed by atoms with Gasteiger partial charge in [-0.3, -0.25) is 0 Å². The van der Waals surface area contributed by atoms with E-state index in [4.69, 9.17) is 40.6 Å². The minimum atomic E-state index is -5.08. The first-order valence-corrected chi connectivity index (χ1v) is 16.3. The first-order chi connectivity index (χ1) is 21.6. The summed E-state index contributed by atoms with van der Waals surface area (Å²) in [4.78, 5) is 18.7. The third-order valence-corrected chi connectivity index (χ3v) is 8.82. The van der Waals surface area contributed by atoms with Gasteiger partial charge in [0.25, 0.3) is 10.0 Å². The molecule has 0 aliphatic carbocycles. The van der Waals surface area contributed by atoms with Crippen LogP contribution in [0.4, 0.5) is 17.6 Å². The average molecular weight is 712 g/mol. The summed E-state index contributed by atoms with van der Waals surface area (Å²) in [6, 6.07) is 13.0. The molecule has 2 unspecified atom stereocenters. The molecule has 13 nitrogen and oxygen atoms in total. The van der Waals surface area contributed by atoms with Gasteiger partial charge in [0.15, 0.2) is 11.5 Å². The van der Waals surface area contributed by atoms with Crippen LogP contribution in [-0.4, -0.2) is 56.9 Å². The first kappa shape index (κ1) is 38.5. The molecule has 46 heavy (non-hydrogen) atoms. The zero-order valence-corrected chi connectivity index (χ0v) is 26.1. The van der Waals surface area contributed by atoms with E-state index in [0.717, 1.165) is 23.5 Å². The minimum Gasteiger partial charge on any atom is -0.490 e. The van der Waals surface area contributed by atoms with E-state index >= 15 is 0 Å². The number of aliphatic carboxylic acids is 1. The van der Waals surface area contributed by atoms with E-state index < -0.39 is 42.5 Å². The highest BCUT2D eigenvalue weighted by Gasteiger charge is 2.38. The van der Waals surface area contributed by atoms with E-state index in [2.05, 4.69) is 4.72 Å². The van der Waals surface area contributed by atoms with Crippen LogP contribution in [0.5, 0.6) is 11.5 Å². The summed E-state index contributed by atoms with van der Waals surface area (Å²) in [5, 5.41) is 16.0. The van der Waals surface area contributed by atoms with Crippen molar-refractivity contribution in [3.05, 3.63) is 65.5 Å². The van der Waals surface area contributed by atoms with Crippen LogP contribution in [-0.2, 0) is 23.9 Å². The van der Waals surface area contributed by atoms with E-state index in [9.17, 15) is 35.4 Å². The number of rotatable bonds is 15. The van der Waals surface area contributed by atoms with Crippen molar-refractivity contribution in [3.63, 3.8) is 0 Å². The molecule has 1 aromatic heterocycles. The Labute approximate surface area is 265 Å². The number of hydrogen-bond acceptors (Lipinski definition) is 11. The molecule has 3 rings (SSSR count). The fraction of sp³-hybridized carbons (Fsp3) is 0.308. The molecule has 1 heterocycles. The van der Waals surface area contributed by atoms with E-state index in [-0.39, 0.29) is 15.3 Å². The number of nitriles is 1. The van der Waals surface area contributed by atoms with Crippen LogP contribution in [0.2, 0.25) is 0 Å². The predicted octanol–water partition coefficient (Wildman–Crippen LogP) is 4.16. The highest BCUT2D eigenvalue weighted by molar-refractivity contribution is 7.91. The summed E-state index contributed by atoms with van der Waals surface area (Å²) in [6.45, 7) is 1.70. The molecule has 250 valence electrons. The van der Waals surface area contributed by atoms with Crippen LogP contribution >= 0.6 is 19.6 Å². The second-order valence-electron chi connectivity index (χ2n) is 8.76. The molecule has 0 amide bonds. The topological polar surface area (TPSA) is 224 Å². The number of alkyl halides is 3. The highest BCUT2D eigenvalue weighted by atomic mass is 32.2. The smallest absolute Gasteiger partial charge is 0.490 e. The maximum Gasteiger partial charge on any atom is 0.696 e. The van der Waals surface area contributed by atoms with E-state index in [1.807, 2.05) is 0 Å². The number of benzene rings is 2. The summed E-state index contributed by atoms with van der Waals surface area (Å²) >= 11 is 0.931. The normalized spacial score (nSPS) is 12.3. The van der Waals surface area contributed by atoms with Gasteiger partial charge in [0.1, 0.15) is 16.1 Å². The number of ether oxygens (including phenoxy) is 2. The van der Waals surface area contributed by atoms with Crippen molar-refractivity contribution in [2.24, 2.45) is 11.5 Å². The van der Waals surface area contributed by atoms with Crippen LogP contribution in [0.15, 0.2) is 52.7 Å². The molecule has 0 aliphatic heterocycles. The number of carbonyl (C=O) groups is 1. The lowest BCUT2D eigenvalue weighted by atomic mass is 10.1. The van der Waals surface area contributed by atoms with Gasteiger partial charge >= 0.3 is 20.4 Å². The van der Waals surface area contributed by atoms with Crippen molar-refractivity contribution in [1.82, 2.24) is 4.72 Å². The van der Waals surface area contributed by atoms with Crippen molar-refractivity contribution < 1.29 is 59.3 Å². The quantitative estimate of drug-likeness (QED) is 0.0649. The average Bonchev–Trinajstić information content (AvgIpc) is 3.49. The van der Waals surface area contributed by atoms with Crippen LogP contribution in [0.3, 0.4) is 0 Å². The summed E-state index contributed by atoms with van der Waals surface area (Å²) in [5.74, 6) is -2.71. The SMILES string of the molecule is N#Cc1ccc(C(NS(=O)(=O)c2ccc(-c3ccc(OCCCN)c(OCCCN)c3)s2)O[P+](=O)O)cc1F.O=C(O)C(F)(F)F. The lowest BCUT2D eigenvalue weighted by Gasteiger charge is -2.14. The van der Waals surface area contributed by atoms with Gasteiger partial charge in [-0.15, -0.1) is 16.2 Å². The number of carboxylic acid groups (broad SMARTS) is 1. The van der Waals surface area contributed by atoms with Crippen molar-refractivity contribution >= 4 is 35.6 Å². The Morgan fingerprint density at radius 1 is 1.04 bits per heavy atom. The molecule has 0 saturated carbocycles. The van der Waals surface area contributed by atoms with Crippen molar-refractivity contribution in [3.8, 4) is 28.0 Å². The zero-order chi connectivity index (χ0) is 34.5. The Morgan fingerprint density at radius 2 is 1.65 bits per heavy atom. The highest BCUT2D eigenvalue weighted by Crippen LogP contribution is 2.38. The zero-order valence-electron chi connectivity index (χ0n) is 23.6. The predicted molar refractivity (Wildman–Crippen MR) is 157 cm³/mol. The van der Waals surface area contributed by atoms with Crippen molar-refractivity contribution in [2.45, 2.75) is 29.5 Å². The summed E-state index contributed by atoms with van der Waals surface area (Å²) in [6.07, 6.45) is -5.48. The maximum atomic E-state index is 14.1. The molecule has 2 atom stereocenters. The molecule has 2 aromatic carbocycles. The molecule has 3 aromatic rings. The van der Waals surface area contributed by atoms with Crippen LogP contribution < -0.4 is 25.7 Å². The third kappa shape index (κ3) is 11.9. The number of sulfonamides is 1. The molecule has 0 fully saturated rings. The first-order valence-electron chi connectivity index (χ1n) is 12.9. The van der Waals surface area contributed by atoms with Crippen molar-refractivity contribution in [2.75, 3.05) is 26.3 Å². The second kappa shape index (κ2) is 17.8. The van der Waals surface area contributed by atoms with Gasteiger partial charge in [-0.25, -0.2) is 17.6 Å². The molecular formula is C26H28F4N4O9PS2+. The molecular weight excluding hydrogens is 683 g/mol. The molecule has 0 spiro atoms. The Hall–Kier alpha value is -3.73. The van der Waals surface area contributed by atoms with Gasteiger partial charge in [0, 0.05) is 15.0 Å². The maximum absolute atomic E-state index is 14.1. The molecule has 0 saturated heterocycles. The number of nitrogens with two attached hydrogens (primary N) is 2. The largest absolute Gasteiger partial charge is 0.696 e. The minimum absolute atomic E-state index is 0.103. The van der Waals surface area contributed by atoms with Crippen LogP contribution in [0, 0.1) is 17.1 Å². The van der Waals surface area contributed by atoms with Crippen LogP contribution in [0.25, 0.3) is 10.4 Å². The van der Waals surface area contributed by atoms with Crippen molar-refractivity contribution in [1.29, 1.82) is 5.26 Å². The fourth-order valence-corrected chi connectivity index (χ4v) is 6.11. The monoisotopic (exact) mass is 711 g/mol. The molecule has 0 aliphatic rings. The Kier molecular flexibility index (Phi) is 14.9. The second-order valence-corrected chi connectivity index (χ2v) is 12.5. The van der Waals surface area contributed by atoms with Gasteiger partial charge < -0.3 is 26.0 Å². The number of nitrogens with one attached hydrogen (secondary N) is 1. The molecule has 0 radical (unpaired) electrons. The van der Waals surface area contributed by atoms with E-state index in [1.54, 1.807) is 30.3 Å². The van der Waals surface area contributed by atoms with Gasteiger partial charge in [-0.2, -0.15) is 23.2 Å². The third-order valence-electron chi connectivity index (χ3n) is 5.40. The molecule has 20 heteroatoms. The fourth-order valence-electron chi connectivity index (χ4n) is 3.27. The molecule has 7 N–H and O–H groups in total. The lowest BCUT2D eigenvalue weighted by Crippen LogP contribution is -2.29. The number of hydrogen-bond donors (Lipinski definition) is 5. The van der Waals surface area contributed by atoms with Gasteiger partial charge in [0.05, 0.1) is 18.8 Å². The molecule has 0 bridgehead atoms. The van der Waals surface area contributed by atoms with Gasteiger partial charge in [-0.05, 0) is 74.0 Å². The summed E-state index contributed by atoms with van der Waals surface area (Å²) in [5.41, 5.74) is 11.4. The van der Waals surface area contributed by atoms with E-state index in [1.165, 1.54) is 12.1 Å². The Bertz CT molecular complexity index is 1650. The Balaban J connectivity index is 0.000000942. The number of halogens is 4. The summed E-state index contributed by atoms with van der Waals surface area (Å²) in [7, 11) is -7.54. The lowest BCUT2D eigenvalue weighted by molar-refractivity contribution is -0.192. The van der Waals surface area contributed by atoms with Gasteiger partial charge in [-0.1, -0.05) is 10.6 Å². The van der Waals surface area contributed by atoms with Crippen LogP contribution in [0.1, 0.15) is 30.2 Å². The van der Waals surface area contributed by atoms with Gasteiger partial charge in [0.2, 0.25) is 6.23 Å². The standard InChI is InChI=1S/C24H26FN4O7PS2.C2HF3O2/c25-19-13-17(3-4-18(19)15-28)24(36-37(30)31)29-39(32,33)23-8-7-22(38-23)16-5-6-20(34-11-1-9-26)21(14-16)35-12-2-10-27;3-2(4,5)1(6)7/h3-8,13-14,24,29H,1-2,9-12,26-27H2;(H,6,7)/p+1. The summed E-state index contributed by atoms with van der Waals surface area (Å²) < 4.78 is 102. The number of thiophene rings is 1.